The van der Waals surface area contributed by atoms with Crippen molar-refractivity contribution in [3.8, 4) is 0 Å². The van der Waals surface area contributed by atoms with Crippen LogP contribution in [0.3, 0.4) is 0 Å². The van der Waals surface area contributed by atoms with Gasteiger partial charge >= 0.3 is 0 Å². The topological polar surface area (TPSA) is 105 Å². The van der Waals surface area contributed by atoms with Gasteiger partial charge in [-0.05, 0) is 35.4 Å². The Morgan fingerprint density at radius 3 is 2.74 bits per heavy atom. The van der Waals surface area contributed by atoms with Crippen molar-refractivity contribution in [2.75, 3.05) is 0 Å². The lowest BCUT2D eigenvalue weighted by Crippen LogP contribution is -2.63. The van der Waals surface area contributed by atoms with E-state index in [9.17, 15) is 14.4 Å². The second-order valence-electron chi connectivity index (χ2n) is 8.49. The zero-order valence-corrected chi connectivity index (χ0v) is 15.7. The van der Waals surface area contributed by atoms with Gasteiger partial charge in [-0.25, -0.2) is 0 Å². The first-order valence-electron chi connectivity index (χ1n) is 9.53. The molecule has 0 aromatic heterocycles. The van der Waals surface area contributed by atoms with Crippen molar-refractivity contribution in [1.82, 2.24) is 15.5 Å². The number of amides is 3. The van der Waals surface area contributed by atoms with Gasteiger partial charge < -0.3 is 16.0 Å². The predicted molar refractivity (Wildman–Crippen MR) is 99.5 cm³/mol. The zero-order chi connectivity index (χ0) is 19.3. The van der Waals surface area contributed by atoms with Crippen LogP contribution < -0.4 is 16.4 Å². The van der Waals surface area contributed by atoms with E-state index < -0.39 is 6.04 Å². The molecule has 3 unspecified atom stereocenters. The SMILES string of the molecule is CC1(C)C(N)CC1NCc1ccc2c(c1)C(=O)N(C1CCC(=O)NC1=O)C2. The monoisotopic (exact) mass is 370 g/mol. The third-order valence-corrected chi connectivity index (χ3v) is 6.49. The van der Waals surface area contributed by atoms with E-state index in [1.165, 1.54) is 0 Å². The van der Waals surface area contributed by atoms with Gasteiger partial charge in [-0.1, -0.05) is 26.0 Å². The molecule has 2 fully saturated rings. The van der Waals surface area contributed by atoms with Crippen molar-refractivity contribution in [3.63, 3.8) is 0 Å². The number of fused-ring (bicyclic) bond motifs is 1. The maximum absolute atomic E-state index is 12.9. The molecule has 1 saturated carbocycles. The molecule has 27 heavy (non-hydrogen) atoms. The molecule has 1 saturated heterocycles. The zero-order valence-electron chi connectivity index (χ0n) is 15.7. The highest BCUT2D eigenvalue weighted by molar-refractivity contribution is 6.05. The third kappa shape index (κ3) is 3.04. The average molecular weight is 370 g/mol. The number of nitrogens with two attached hydrogens (primary N) is 1. The van der Waals surface area contributed by atoms with Crippen LogP contribution in [0.5, 0.6) is 0 Å². The largest absolute Gasteiger partial charge is 0.327 e. The van der Waals surface area contributed by atoms with Gasteiger partial charge in [-0.3, -0.25) is 19.7 Å². The molecule has 3 amide bonds. The summed E-state index contributed by atoms with van der Waals surface area (Å²) in [6.45, 7) is 5.43. The summed E-state index contributed by atoms with van der Waals surface area (Å²) >= 11 is 0. The van der Waals surface area contributed by atoms with E-state index in [0.717, 1.165) is 17.5 Å². The summed E-state index contributed by atoms with van der Waals surface area (Å²) in [7, 11) is 0. The first kappa shape index (κ1) is 18.1. The molecule has 0 bridgehead atoms. The lowest BCUT2D eigenvalue weighted by Gasteiger charge is -2.50. The van der Waals surface area contributed by atoms with Crippen LogP contribution in [0.25, 0.3) is 0 Å². The van der Waals surface area contributed by atoms with E-state index in [0.29, 0.717) is 31.1 Å². The van der Waals surface area contributed by atoms with E-state index in [1.54, 1.807) is 4.90 Å². The molecule has 3 atom stereocenters. The Balaban J connectivity index is 1.44. The lowest BCUT2D eigenvalue weighted by molar-refractivity contribution is -0.136. The Morgan fingerprint density at radius 2 is 2.07 bits per heavy atom. The lowest BCUT2D eigenvalue weighted by atomic mass is 9.63. The summed E-state index contributed by atoms with van der Waals surface area (Å²) in [5.41, 5.74) is 8.78. The first-order chi connectivity index (χ1) is 12.8. The van der Waals surface area contributed by atoms with Crippen LogP contribution in [0.2, 0.25) is 0 Å². The molecule has 1 aliphatic carbocycles. The van der Waals surface area contributed by atoms with Gasteiger partial charge in [0.05, 0.1) is 0 Å². The summed E-state index contributed by atoms with van der Waals surface area (Å²) in [6, 6.07) is 5.94. The number of benzene rings is 1. The molecule has 2 heterocycles. The van der Waals surface area contributed by atoms with Crippen LogP contribution in [0, 0.1) is 5.41 Å². The Hall–Kier alpha value is -2.25. The Kier molecular flexibility index (Phi) is 4.31. The van der Waals surface area contributed by atoms with Gasteiger partial charge in [0.15, 0.2) is 0 Å². The highest BCUT2D eigenvalue weighted by atomic mass is 16.2. The first-order valence-corrected chi connectivity index (χ1v) is 9.53. The van der Waals surface area contributed by atoms with Crippen molar-refractivity contribution in [1.29, 1.82) is 0 Å². The van der Waals surface area contributed by atoms with Crippen molar-refractivity contribution in [2.45, 2.75) is 64.3 Å². The van der Waals surface area contributed by atoms with Crippen molar-refractivity contribution in [3.05, 3.63) is 34.9 Å². The summed E-state index contributed by atoms with van der Waals surface area (Å²) in [4.78, 5) is 37.9. The maximum Gasteiger partial charge on any atom is 0.255 e. The van der Waals surface area contributed by atoms with E-state index in [1.807, 2.05) is 18.2 Å². The Morgan fingerprint density at radius 1 is 1.30 bits per heavy atom. The van der Waals surface area contributed by atoms with Crippen LogP contribution in [0.4, 0.5) is 0 Å². The third-order valence-electron chi connectivity index (χ3n) is 6.49. The number of nitrogens with zero attached hydrogens (tertiary/aromatic N) is 1. The normalized spacial score (nSPS) is 29.4. The molecular formula is C20H26N4O3. The van der Waals surface area contributed by atoms with E-state index >= 15 is 0 Å². The van der Waals surface area contributed by atoms with Crippen molar-refractivity contribution < 1.29 is 14.4 Å². The van der Waals surface area contributed by atoms with Gasteiger partial charge in [0.25, 0.3) is 5.91 Å². The number of hydrogen-bond donors (Lipinski definition) is 3. The molecule has 0 spiro atoms. The predicted octanol–water partition coefficient (Wildman–Crippen LogP) is 0.663. The van der Waals surface area contributed by atoms with Gasteiger partial charge in [0.1, 0.15) is 6.04 Å². The Bertz CT molecular complexity index is 819. The molecule has 1 aromatic carbocycles. The fourth-order valence-corrected chi connectivity index (χ4v) is 4.26. The van der Waals surface area contributed by atoms with E-state index in [-0.39, 0.29) is 35.6 Å². The molecule has 7 heteroatoms. The summed E-state index contributed by atoms with van der Waals surface area (Å²) < 4.78 is 0. The molecule has 7 nitrogen and oxygen atoms in total. The van der Waals surface area contributed by atoms with Crippen LogP contribution in [0.1, 0.15) is 54.6 Å². The molecule has 0 radical (unpaired) electrons. The average Bonchev–Trinajstić information content (AvgIpc) is 2.95. The minimum Gasteiger partial charge on any atom is -0.327 e. The van der Waals surface area contributed by atoms with Gasteiger partial charge in [0, 0.05) is 37.2 Å². The van der Waals surface area contributed by atoms with E-state index in [4.69, 9.17) is 5.73 Å². The number of carbonyl (C=O) groups excluding carboxylic acids is 3. The fraction of sp³-hybridized carbons (Fsp3) is 0.550. The van der Waals surface area contributed by atoms with Crippen LogP contribution in [-0.4, -0.2) is 40.7 Å². The highest BCUT2D eigenvalue weighted by Crippen LogP contribution is 2.39. The fourth-order valence-electron chi connectivity index (χ4n) is 4.26. The maximum atomic E-state index is 12.9. The number of imide groups is 1. The summed E-state index contributed by atoms with van der Waals surface area (Å²) in [5, 5.41) is 5.87. The molecule has 4 N–H and O–H groups in total. The number of hydrogen-bond acceptors (Lipinski definition) is 5. The second-order valence-corrected chi connectivity index (χ2v) is 8.49. The molecule has 4 rings (SSSR count). The summed E-state index contributed by atoms with van der Waals surface area (Å²) in [5.74, 6) is -0.780. The number of piperidine rings is 1. The van der Waals surface area contributed by atoms with E-state index in [2.05, 4.69) is 24.5 Å². The van der Waals surface area contributed by atoms with Crippen molar-refractivity contribution in [2.24, 2.45) is 11.1 Å². The van der Waals surface area contributed by atoms with Gasteiger partial charge in [-0.15, -0.1) is 0 Å². The standard InChI is InChI=1S/C20H26N4O3/c1-20(2)15(21)8-16(20)22-9-11-3-4-12-10-24(19(27)13(12)7-11)14-5-6-17(25)23-18(14)26/h3-4,7,14-16,22H,5-6,8-10,21H2,1-2H3,(H,23,25,26). The minimum absolute atomic E-state index is 0.0785. The minimum atomic E-state index is -0.568. The number of carbonyl (C=O) groups is 3. The quantitative estimate of drug-likeness (QED) is 0.676. The molecule has 1 aromatic rings. The molecule has 144 valence electrons. The molecular weight excluding hydrogens is 344 g/mol. The highest BCUT2D eigenvalue weighted by Gasteiger charge is 2.45. The van der Waals surface area contributed by atoms with Gasteiger partial charge in [0.2, 0.25) is 11.8 Å². The van der Waals surface area contributed by atoms with Gasteiger partial charge in [-0.2, -0.15) is 0 Å². The summed E-state index contributed by atoms with van der Waals surface area (Å²) in [6.07, 6.45) is 1.61. The number of rotatable bonds is 4. The Labute approximate surface area is 158 Å². The smallest absolute Gasteiger partial charge is 0.255 e. The van der Waals surface area contributed by atoms with Crippen LogP contribution in [-0.2, 0) is 22.7 Å². The van der Waals surface area contributed by atoms with Crippen LogP contribution >= 0.6 is 0 Å². The molecule has 3 aliphatic rings. The molecule has 2 aliphatic heterocycles. The van der Waals surface area contributed by atoms with Crippen LogP contribution in [0.15, 0.2) is 18.2 Å². The van der Waals surface area contributed by atoms with Crippen molar-refractivity contribution >= 4 is 17.7 Å². The number of nitrogens with one attached hydrogen (secondary N) is 2. The second kappa shape index (κ2) is 6.42.